The van der Waals surface area contributed by atoms with Gasteiger partial charge in [0.1, 0.15) is 18.2 Å². The van der Waals surface area contributed by atoms with E-state index in [0.29, 0.717) is 13.2 Å². The van der Waals surface area contributed by atoms with Crippen LogP contribution >= 0.6 is 0 Å². The first-order chi connectivity index (χ1) is 12.3. The van der Waals surface area contributed by atoms with Gasteiger partial charge in [-0.2, -0.15) is 0 Å². The van der Waals surface area contributed by atoms with Gasteiger partial charge in [-0.15, -0.1) is 5.10 Å². The molecule has 132 valence electrons. The summed E-state index contributed by atoms with van der Waals surface area (Å²) in [6, 6.07) is 10.2. The number of nitrogens with one attached hydrogen (secondary N) is 1. The van der Waals surface area contributed by atoms with E-state index in [1.54, 1.807) is 10.9 Å². The lowest BCUT2D eigenvalue weighted by molar-refractivity contribution is 0.0592. The molecule has 1 aromatic carbocycles. The van der Waals surface area contributed by atoms with Crippen LogP contribution in [0.1, 0.15) is 22.1 Å². The van der Waals surface area contributed by atoms with Crippen molar-refractivity contribution in [1.29, 1.82) is 0 Å². The Morgan fingerprint density at radius 2 is 2.08 bits per heavy atom. The second-order valence-corrected chi connectivity index (χ2v) is 6.21. The molecule has 1 N–H and O–H groups in total. The van der Waals surface area contributed by atoms with Gasteiger partial charge < -0.3 is 19.5 Å². The van der Waals surface area contributed by atoms with Gasteiger partial charge in [-0.3, -0.25) is 0 Å². The Hall–Kier alpha value is -2.29. The highest BCUT2D eigenvalue weighted by atomic mass is 16.6. The van der Waals surface area contributed by atoms with Crippen molar-refractivity contribution < 1.29 is 19.0 Å². The highest BCUT2D eigenvalue weighted by Crippen LogP contribution is 2.34. The van der Waals surface area contributed by atoms with Crippen LogP contribution in [0.2, 0.25) is 0 Å². The molecule has 0 amide bonds. The molecule has 0 spiro atoms. The van der Waals surface area contributed by atoms with E-state index in [9.17, 15) is 4.79 Å². The van der Waals surface area contributed by atoms with Crippen molar-refractivity contribution in [3.05, 3.63) is 47.8 Å². The number of carbonyl (C=O) groups is 1. The highest BCUT2D eigenvalue weighted by molar-refractivity contribution is 5.86. The Balaban J connectivity index is 1.40. The minimum absolute atomic E-state index is 0.0421. The van der Waals surface area contributed by atoms with Gasteiger partial charge in [0, 0.05) is 6.54 Å². The molecule has 0 bridgehead atoms. The van der Waals surface area contributed by atoms with Gasteiger partial charge in [0.15, 0.2) is 5.69 Å². The van der Waals surface area contributed by atoms with E-state index >= 15 is 0 Å². The van der Waals surface area contributed by atoms with Crippen molar-refractivity contribution >= 4 is 5.97 Å². The first kappa shape index (κ1) is 16.2. The molecule has 4 unspecified atom stereocenters. The lowest BCUT2D eigenvalue weighted by Crippen LogP contribution is -2.40. The number of carbonyl (C=O) groups excluding carboxylic acids is 1. The average Bonchev–Trinajstić information content (AvgIpc) is 3.36. The number of benzene rings is 1. The van der Waals surface area contributed by atoms with E-state index in [-0.39, 0.29) is 30.0 Å². The van der Waals surface area contributed by atoms with Crippen LogP contribution in [-0.2, 0) is 20.8 Å². The number of methoxy groups -OCH3 is 1. The summed E-state index contributed by atoms with van der Waals surface area (Å²) in [5.74, 6) is -0.503. The predicted octanol–water partition coefficient (Wildman–Crippen LogP) is 0.562. The molecule has 8 heteroatoms. The van der Waals surface area contributed by atoms with E-state index in [1.165, 1.54) is 12.7 Å². The van der Waals surface area contributed by atoms with Gasteiger partial charge in [0.25, 0.3) is 0 Å². The van der Waals surface area contributed by atoms with Gasteiger partial charge >= 0.3 is 5.97 Å². The molecule has 2 aromatic rings. The van der Waals surface area contributed by atoms with Crippen molar-refractivity contribution in [2.75, 3.05) is 20.3 Å². The fourth-order valence-electron chi connectivity index (χ4n) is 3.36. The van der Waals surface area contributed by atoms with E-state index in [1.807, 2.05) is 18.2 Å². The van der Waals surface area contributed by atoms with Crippen LogP contribution in [-0.4, -0.2) is 59.5 Å². The van der Waals surface area contributed by atoms with Crippen molar-refractivity contribution in [2.45, 2.75) is 30.8 Å². The summed E-state index contributed by atoms with van der Waals surface area (Å²) in [7, 11) is 1.32. The van der Waals surface area contributed by atoms with Crippen LogP contribution in [0.25, 0.3) is 0 Å². The van der Waals surface area contributed by atoms with Crippen LogP contribution < -0.4 is 5.32 Å². The fraction of sp³-hybridized carbons (Fsp3) is 0.471. The summed E-state index contributed by atoms with van der Waals surface area (Å²) >= 11 is 0. The molecule has 1 aromatic heterocycles. The summed E-state index contributed by atoms with van der Waals surface area (Å²) in [6.07, 6.45) is 1.43. The first-order valence-electron chi connectivity index (χ1n) is 8.27. The SMILES string of the molecule is COC(=O)c1cn(C2COC3C(NCc4ccccc4)COC32)nn1. The second-order valence-electron chi connectivity index (χ2n) is 6.21. The largest absolute Gasteiger partial charge is 0.464 e. The Bertz CT molecular complexity index is 735. The molecule has 0 aliphatic carbocycles. The molecule has 4 atom stereocenters. The smallest absolute Gasteiger partial charge is 0.360 e. The maximum atomic E-state index is 11.5. The van der Waals surface area contributed by atoms with Crippen molar-refractivity contribution in [2.24, 2.45) is 0 Å². The summed E-state index contributed by atoms with van der Waals surface area (Å²) in [5, 5.41) is 11.4. The third-order valence-corrected chi connectivity index (χ3v) is 4.68. The number of nitrogens with zero attached hydrogens (tertiary/aromatic N) is 3. The van der Waals surface area contributed by atoms with Crippen molar-refractivity contribution in [3.8, 4) is 0 Å². The van der Waals surface area contributed by atoms with Gasteiger partial charge in [0.2, 0.25) is 0 Å². The monoisotopic (exact) mass is 344 g/mol. The molecule has 4 rings (SSSR count). The Morgan fingerprint density at radius 3 is 2.88 bits per heavy atom. The van der Waals surface area contributed by atoms with E-state index < -0.39 is 5.97 Å². The summed E-state index contributed by atoms with van der Waals surface area (Å²) in [5.41, 5.74) is 1.40. The zero-order chi connectivity index (χ0) is 17.2. The normalized spacial score (nSPS) is 28.0. The molecule has 0 saturated carbocycles. The van der Waals surface area contributed by atoms with Crippen LogP contribution in [0.15, 0.2) is 36.5 Å². The number of hydrogen-bond acceptors (Lipinski definition) is 7. The maximum Gasteiger partial charge on any atom is 0.360 e. The number of ether oxygens (including phenoxy) is 3. The number of rotatable bonds is 5. The number of fused-ring (bicyclic) bond motifs is 1. The quantitative estimate of drug-likeness (QED) is 0.793. The zero-order valence-corrected chi connectivity index (χ0v) is 13.9. The van der Waals surface area contributed by atoms with Crippen LogP contribution in [0.4, 0.5) is 0 Å². The minimum atomic E-state index is -0.503. The highest BCUT2D eigenvalue weighted by Gasteiger charge is 2.48. The van der Waals surface area contributed by atoms with Crippen molar-refractivity contribution in [1.82, 2.24) is 20.3 Å². The lowest BCUT2D eigenvalue weighted by atomic mass is 10.1. The number of aromatic nitrogens is 3. The topological polar surface area (TPSA) is 87.5 Å². The third kappa shape index (κ3) is 3.15. The van der Waals surface area contributed by atoms with Gasteiger partial charge in [-0.25, -0.2) is 9.48 Å². The lowest BCUT2D eigenvalue weighted by Gasteiger charge is -2.17. The number of esters is 1. The molecule has 2 aliphatic heterocycles. The van der Waals surface area contributed by atoms with Gasteiger partial charge in [0.05, 0.1) is 32.6 Å². The van der Waals surface area contributed by atoms with E-state index in [2.05, 4.69) is 32.5 Å². The van der Waals surface area contributed by atoms with Gasteiger partial charge in [-0.1, -0.05) is 35.5 Å². The Labute approximate surface area is 145 Å². The summed E-state index contributed by atoms with van der Waals surface area (Å²) < 4.78 is 18.2. The summed E-state index contributed by atoms with van der Waals surface area (Å²) in [6.45, 7) is 1.82. The van der Waals surface area contributed by atoms with Crippen LogP contribution in [0.3, 0.4) is 0 Å². The Kier molecular flexibility index (Phi) is 4.48. The molecule has 3 heterocycles. The molecule has 2 saturated heterocycles. The molecular formula is C17H20N4O4. The Morgan fingerprint density at radius 1 is 1.28 bits per heavy atom. The predicted molar refractivity (Wildman–Crippen MR) is 86.9 cm³/mol. The molecule has 0 radical (unpaired) electrons. The molecule has 8 nitrogen and oxygen atoms in total. The molecule has 25 heavy (non-hydrogen) atoms. The van der Waals surface area contributed by atoms with Gasteiger partial charge in [-0.05, 0) is 5.56 Å². The zero-order valence-electron chi connectivity index (χ0n) is 13.9. The van der Waals surface area contributed by atoms with Crippen LogP contribution in [0, 0.1) is 0 Å². The van der Waals surface area contributed by atoms with Crippen molar-refractivity contribution in [3.63, 3.8) is 0 Å². The first-order valence-corrected chi connectivity index (χ1v) is 8.27. The molecular weight excluding hydrogens is 324 g/mol. The maximum absolute atomic E-state index is 11.5. The van der Waals surface area contributed by atoms with Crippen LogP contribution in [0.5, 0.6) is 0 Å². The molecule has 2 aliphatic rings. The average molecular weight is 344 g/mol. The minimum Gasteiger partial charge on any atom is -0.464 e. The van der Waals surface area contributed by atoms with E-state index in [0.717, 1.165) is 6.54 Å². The standard InChI is InChI=1S/C17H20N4O4/c1-23-17(22)12-8-21(20-19-12)14-10-25-15-13(9-24-16(14)15)18-7-11-5-3-2-4-6-11/h2-6,8,13-16,18H,7,9-10H2,1H3. The van der Waals surface area contributed by atoms with E-state index in [4.69, 9.17) is 9.47 Å². The number of hydrogen-bond donors (Lipinski definition) is 1. The fourth-order valence-corrected chi connectivity index (χ4v) is 3.36. The summed E-state index contributed by atoms with van der Waals surface area (Å²) in [4.78, 5) is 11.5. The third-order valence-electron chi connectivity index (χ3n) is 4.68. The second kappa shape index (κ2) is 6.91. The molecule has 2 fully saturated rings.